The number of hydrogen-bond donors (Lipinski definition) is 2. The van der Waals surface area contributed by atoms with Gasteiger partial charge < -0.3 is 15.2 Å². The van der Waals surface area contributed by atoms with Crippen molar-refractivity contribution in [3.63, 3.8) is 0 Å². The topological polar surface area (TPSA) is 76.0 Å². The Labute approximate surface area is 160 Å². The normalized spacial score (nSPS) is 13.8. The molecule has 1 aromatic heterocycles. The summed E-state index contributed by atoms with van der Waals surface area (Å²) in [4.78, 5) is 30.0. The lowest BCUT2D eigenvalue weighted by molar-refractivity contribution is 0.0903. The van der Waals surface area contributed by atoms with E-state index in [9.17, 15) is 9.59 Å². The van der Waals surface area contributed by atoms with E-state index in [2.05, 4.69) is 22.5 Å². The van der Waals surface area contributed by atoms with E-state index in [-0.39, 0.29) is 17.4 Å². The summed E-state index contributed by atoms with van der Waals surface area (Å²) in [5.41, 5.74) is 2.79. The SMILES string of the molecule is CCc1ccc(NC(=O)c2nc(C(=O)NC(C)(C)C)n3c2CCCC3)cc1. The molecule has 6 nitrogen and oxygen atoms in total. The van der Waals surface area contributed by atoms with Crippen molar-refractivity contribution in [2.24, 2.45) is 0 Å². The van der Waals surface area contributed by atoms with E-state index in [4.69, 9.17) is 0 Å². The zero-order chi connectivity index (χ0) is 19.6. The van der Waals surface area contributed by atoms with E-state index in [0.29, 0.717) is 18.1 Å². The molecule has 2 heterocycles. The third kappa shape index (κ3) is 4.38. The van der Waals surface area contributed by atoms with E-state index in [1.54, 1.807) is 0 Å². The van der Waals surface area contributed by atoms with Crippen molar-refractivity contribution < 1.29 is 9.59 Å². The highest BCUT2D eigenvalue weighted by atomic mass is 16.2. The van der Waals surface area contributed by atoms with Crippen molar-refractivity contribution in [2.45, 2.75) is 65.5 Å². The molecule has 144 valence electrons. The highest BCUT2D eigenvalue weighted by Crippen LogP contribution is 2.23. The number of imidazole rings is 1. The van der Waals surface area contributed by atoms with Crippen LogP contribution in [0.4, 0.5) is 5.69 Å². The number of aryl methyl sites for hydroxylation is 1. The Hall–Kier alpha value is -2.63. The molecule has 0 unspecified atom stereocenters. The van der Waals surface area contributed by atoms with Gasteiger partial charge in [0, 0.05) is 17.8 Å². The Morgan fingerprint density at radius 1 is 1.11 bits per heavy atom. The number of carbonyl (C=O) groups excluding carboxylic acids is 2. The molecule has 6 heteroatoms. The first-order valence-corrected chi connectivity index (χ1v) is 9.60. The second-order valence-corrected chi connectivity index (χ2v) is 8.05. The van der Waals surface area contributed by atoms with Crippen LogP contribution in [0.15, 0.2) is 24.3 Å². The molecule has 0 bridgehead atoms. The summed E-state index contributed by atoms with van der Waals surface area (Å²) in [6.07, 6.45) is 3.69. The van der Waals surface area contributed by atoms with Gasteiger partial charge in [0.15, 0.2) is 11.5 Å². The van der Waals surface area contributed by atoms with Gasteiger partial charge in [-0.15, -0.1) is 0 Å². The van der Waals surface area contributed by atoms with Gasteiger partial charge in [-0.25, -0.2) is 4.98 Å². The fourth-order valence-electron chi connectivity index (χ4n) is 3.31. The molecule has 0 atom stereocenters. The molecule has 0 saturated heterocycles. The second-order valence-electron chi connectivity index (χ2n) is 8.05. The fraction of sp³-hybridized carbons (Fsp3) is 0.476. The molecule has 0 radical (unpaired) electrons. The standard InChI is InChI=1S/C21H28N4O2/c1-5-14-9-11-15(12-10-14)22-19(26)17-16-8-6-7-13-25(16)18(23-17)20(27)24-21(2,3)4/h9-12H,5-8,13H2,1-4H3,(H,22,26)(H,24,27). The average molecular weight is 368 g/mol. The molecular weight excluding hydrogens is 340 g/mol. The van der Waals surface area contributed by atoms with E-state index >= 15 is 0 Å². The lowest BCUT2D eigenvalue weighted by Gasteiger charge is -2.22. The number of rotatable bonds is 4. The number of hydrogen-bond acceptors (Lipinski definition) is 3. The van der Waals surface area contributed by atoms with Gasteiger partial charge in [0.2, 0.25) is 0 Å². The zero-order valence-corrected chi connectivity index (χ0v) is 16.6. The summed E-state index contributed by atoms with van der Waals surface area (Å²) in [6.45, 7) is 8.60. The molecule has 3 rings (SSSR count). The smallest absolute Gasteiger partial charge is 0.287 e. The lowest BCUT2D eigenvalue weighted by atomic mass is 10.1. The molecule has 1 aliphatic heterocycles. The van der Waals surface area contributed by atoms with Crippen LogP contribution in [0, 0.1) is 0 Å². The van der Waals surface area contributed by atoms with Crippen LogP contribution in [0.25, 0.3) is 0 Å². The molecule has 0 aliphatic carbocycles. The van der Waals surface area contributed by atoms with Crippen LogP contribution in [0.5, 0.6) is 0 Å². The monoisotopic (exact) mass is 368 g/mol. The molecule has 0 saturated carbocycles. The van der Waals surface area contributed by atoms with Gasteiger partial charge in [0.1, 0.15) is 0 Å². The van der Waals surface area contributed by atoms with Gasteiger partial charge >= 0.3 is 0 Å². The van der Waals surface area contributed by atoms with Crippen LogP contribution in [0.2, 0.25) is 0 Å². The summed E-state index contributed by atoms with van der Waals surface area (Å²) < 4.78 is 1.90. The number of nitrogens with one attached hydrogen (secondary N) is 2. The second kappa shape index (κ2) is 7.55. The molecular formula is C21H28N4O2. The van der Waals surface area contributed by atoms with Gasteiger partial charge in [-0.2, -0.15) is 0 Å². The lowest BCUT2D eigenvalue weighted by Crippen LogP contribution is -2.42. The van der Waals surface area contributed by atoms with E-state index < -0.39 is 0 Å². The molecule has 0 spiro atoms. The fourth-order valence-corrected chi connectivity index (χ4v) is 3.31. The highest BCUT2D eigenvalue weighted by Gasteiger charge is 2.28. The highest BCUT2D eigenvalue weighted by molar-refractivity contribution is 6.05. The van der Waals surface area contributed by atoms with Crippen molar-refractivity contribution in [2.75, 3.05) is 5.32 Å². The molecule has 27 heavy (non-hydrogen) atoms. The summed E-state index contributed by atoms with van der Waals surface area (Å²) in [5, 5.41) is 5.86. The molecule has 0 fully saturated rings. The van der Waals surface area contributed by atoms with Crippen LogP contribution in [-0.4, -0.2) is 26.9 Å². The molecule has 2 amide bonds. The number of amides is 2. The summed E-state index contributed by atoms with van der Waals surface area (Å²) >= 11 is 0. The van der Waals surface area contributed by atoms with Crippen LogP contribution < -0.4 is 10.6 Å². The van der Waals surface area contributed by atoms with E-state index in [1.165, 1.54) is 5.56 Å². The Bertz CT molecular complexity index is 844. The van der Waals surface area contributed by atoms with Gasteiger partial charge in [-0.3, -0.25) is 9.59 Å². The van der Waals surface area contributed by atoms with Gasteiger partial charge in [-0.05, 0) is 64.2 Å². The van der Waals surface area contributed by atoms with E-state index in [0.717, 1.165) is 37.1 Å². The minimum Gasteiger partial charge on any atom is -0.345 e. The Kier molecular flexibility index (Phi) is 5.35. The minimum atomic E-state index is -0.360. The number of anilines is 1. The number of fused-ring (bicyclic) bond motifs is 1. The van der Waals surface area contributed by atoms with Crippen molar-refractivity contribution >= 4 is 17.5 Å². The number of nitrogens with zero attached hydrogens (tertiary/aromatic N) is 2. The van der Waals surface area contributed by atoms with Crippen molar-refractivity contribution in [3.05, 3.63) is 47.0 Å². The molecule has 2 N–H and O–H groups in total. The first-order chi connectivity index (χ1) is 12.8. The summed E-state index contributed by atoms with van der Waals surface area (Å²) in [5.74, 6) is -0.178. The summed E-state index contributed by atoms with van der Waals surface area (Å²) in [6, 6.07) is 7.79. The summed E-state index contributed by atoms with van der Waals surface area (Å²) in [7, 11) is 0. The third-order valence-electron chi connectivity index (χ3n) is 4.64. The Morgan fingerprint density at radius 3 is 2.44 bits per heavy atom. The molecule has 2 aromatic rings. The minimum absolute atomic E-state index is 0.239. The number of benzene rings is 1. The van der Waals surface area contributed by atoms with Gasteiger partial charge in [0.05, 0.1) is 5.69 Å². The number of carbonyl (C=O) groups is 2. The number of aromatic nitrogens is 2. The van der Waals surface area contributed by atoms with Crippen LogP contribution in [0.3, 0.4) is 0 Å². The largest absolute Gasteiger partial charge is 0.345 e. The third-order valence-corrected chi connectivity index (χ3v) is 4.64. The average Bonchev–Trinajstić information content (AvgIpc) is 3.01. The van der Waals surface area contributed by atoms with Crippen molar-refractivity contribution in [1.29, 1.82) is 0 Å². The van der Waals surface area contributed by atoms with Crippen LogP contribution >= 0.6 is 0 Å². The Balaban J connectivity index is 1.88. The van der Waals surface area contributed by atoms with Crippen LogP contribution in [-0.2, 0) is 19.4 Å². The van der Waals surface area contributed by atoms with Gasteiger partial charge in [-0.1, -0.05) is 19.1 Å². The molecule has 1 aliphatic rings. The quantitative estimate of drug-likeness (QED) is 0.866. The van der Waals surface area contributed by atoms with Crippen molar-refractivity contribution in [1.82, 2.24) is 14.9 Å². The van der Waals surface area contributed by atoms with Gasteiger partial charge in [0.25, 0.3) is 11.8 Å². The first-order valence-electron chi connectivity index (χ1n) is 9.60. The maximum atomic E-state index is 12.8. The van der Waals surface area contributed by atoms with Crippen molar-refractivity contribution in [3.8, 4) is 0 Å². The maximum absolute atomic E-state index is 12.8. The maximum Gasteiger partial charge on any atom is 0.287 e. The predicted molar refractivity (Wildman–Crippen MR) is 106 cm³/mol. The van der Waals surface area contributed by atoms with E-state index in [1.807, 2.05) is 49.6 Å². The zero-order valence-electron chi connectivity index (χ0n) is 16.6. The first kappa shape index (κ1) is 19.1. The van der Waals surface area contributed by atoms with Crippen LogP contribution in [0.1, 0.15) is 72.9 Å². The predicted octanol–water partition coefficient (Wildman–Crippen LogP) is 3.56. The molecule has 1 aromatic carbocycles. The Morgan fingerprint density at radius 2 is 1.81 bits per heavy atom.